The topological polar surface area (TPSA) is 91.3 Å². The number of non-ortho nitro benzene ring substituents is 1. The summed E-state index contributed by atoms with van der Waals surface area (Å²) in [5.74, 6) is 0.421. The number of anilines is 1. The molecule has 6 nitrogen and oxygen atoms in total. The van der Waals surface area contributed by atoms with Crippen molar-refractivity contribution in [2.45, 2.75) is 6.61 Å². The highest BCUT2D eigenvalue weighted by Gasteiger charge is 2.09. The van der Waals surface area contributed by atoms with Crippen molar-refractivity contribution in [3.05, 3.63) is 58.4 Å². The first-order valence-corrected chi connectivity index (χ1v) is 5.22. The molecule has 0 aliphatic carbocycles. The molecule has 0 atom stereocenters. The van der Waals surface area contributed by atoms with Crippen LogP contribution < -0.4 is 10.5 Å². The quantitative estimate of drug-likeness (QED) is 0.506. The number of nitrogens with two attached hydrogens (primary N) is 1. The molecule has 0 aliphatic heterocycles. The van der Waals surface area contributed by atoms with E-state index in [1.165, 1.54) is 18.2 Å². The molecule has 1 aromatic carbocycles. The Morgan fingerprint density at radius 2 is 2.22 bits per heavy atom. The summed E-state index contributed by atoms with van der Waals surface area (Å²) in [4.78, 5) is 14.0. The Balaban J connectivity index is 2.08. The average Bonchev–Trinajstić information content (AvgIpc) is 2.38. The second-order valence-electron chi connectivity index (χ2n) is 3.63. The number of ether oxygens (including phenoxy) is 1. The molecule has 0 fully saturated rings. The molecule has 0 aliphatic rings. The van der Waals surface area contributed by atoms with Gasteiger partial charge in [0, 0.05) is 30.1 Å². The second kappa shape index (κ2) is 5.13. The summed E-state index contributed by atoms with van der Waals surface area (Å²) >= 11 is 0. The molecule has 2 N–H and O–H groups in total. The molecule has 0 unspecified atom stereocenters. The third-order valence-corrected chi connectivity index (χ3v) is 2.32. The van der Waals surface area contributed by atoms with Crippen LogP contribution in [0.15, 0.2) is 42.7 Å². The fraction of sp³-hybridized carbons (Fsp3) is 0.0833. The van der Waals surface area contributed by atoms with Crippen molar-refractivity contribution in [3.8, 4) is 5.75 Å². The van der Waals surface area contributed by atoms with Crippen molar-refractivity contribution in [3.63, 3.8) is 0 Å². The van der Waals surface area contributed by atoms with Gasteiger partial charge in [-0.3, -0.25) is 15.1 Å². The van der Waals surface area contributed by atoms with Gasteiger partial charge in [-0.15, -0.1) is 0 Å². The molecule has 0 radical (unpaired) electrons. The van der Waals surface area contributed by atoms with Gasteiger partial charge >= 0.3 is 0 Å². The summed E-state index contributed by atoms with van der Waals surface area (Å²) in [5, 5.41) is 10.5. The predicted molar refractivity (Wildman–Crippen MR) is 66.1 cm³/mol. The minimum atomic E-state index is -0.499. The van der Waals surface area contributed by atoms with Gasteiger partial charge < -0.3 is 10.5 Å². The van der Waals surface area contributed by atoms with Crippen molar-refractivity contribution in [1.29, 1.82) is 0 Å². The highest BCUT2D eigenvalue weighted by atomic mass is 16.6. The van der Waals surface area contributed by atoms with E-state index in [9.17, 15) is 10.1 Å². The molecule has 6 heteroatoms. The maximum atomic E-state index is 10.5. The summed E-state index contributed by atoms with van der Waals surface area (Å²) in [6.07, 6.45) is 3.35. The number of nitrogens with zero attached hydrogens (tertiary/aromatic N) is 2. The highest BCUT2D eigenvalue weighted by Crippen LogP contribution is 2.26. The van der Waals surface area contributed by atoms with E-state index in [2.05, 4.69) is 4.98 Å². The van der Waals surface area contributed by atoms with E-state index in [1.807, 2.05) is 6.07 Å². The third kappa shape index (κ3) is 2.73. The Hall–Kier alpha value is -2.63. The molecule has 18 heavy (non-hydrogen) atoms. The molecule has 0 amide bonds. The van der Waals surface area contributed by atoms with Gasteiger partial charge in [-0.1, -0.05) is 6.07 Å². The Bertz CT molecular complexity index is 558. The Labute approximate surface area is 103 Å². The van der Waals surface area contributed by atoms with E-state index in [0.717, 1.165) is 5.56 Å². The molecule has 0 bridgehead atoms. The standard InChI is InChI=1S/C12H11N3O3/c13-11-6-10(15(16)17)3-4-12(11)18-8-9-2-1-5-14-7-9/h1-7H,8,13H2. The van der Waals surface area contributed by atoms with Crippen LogP contribution in [-0.2, 0) is 6.61 Å². The number of hydrogen-bond acceptors (Lipinski definition) is 5. The lowest BCUT2D eigenvalue weighted by atomic mass is 10.2. The summed E-state index contributed by atoms with van der Waals surface area (Å²) in [6.45, 7) is 0.315. The van der Waals surface area contributed by atoms with Crippen molar-refractivity contribution in [1.82, 2.24) is 4.98 Å². The molecule has 92 valence electrons. The number of aromatic nitrogens is 1. The predicted octanol–water partition coefficient (Wildman–Crippen LogP) is 2.15. The SMILES string of the molecule is Nc1cc([N+](=O)[O-])ccc1OCc1cccnc1. The van der Waals surface area contributed by atoms with Crippen molar-refractivity contribution in [2.24, 2.45) is 0 Å². The monoisotopic (exact) mass is 245 g/mol. The zero-order valence-electron chi connectivity index (χ0n) is 9.45. The number of hydrogen-bond donors (Lipinski definition) is 1. The van der Waals surface area contributed by atoms with E-state index in [-0.39, 0.29) is 11.4 Å². The van der Waals surface area contributed by atoms with E-state index in [4.69, 9.17) is 10.5 Å². The Kier molecular flexibility index (Phi) is 3.38. The molecule has 2 aromatic rings. The van der Waals surface area contributed by atoms with Crippen molar-refractivity contribution >= 4 is 11.4 Å². The molecule has 0 saturated carbocycles. The van der Waals surface area contributed by atoms with Gasteiger partial charge in [0.1, 0.15) is 12.4 Å². The minimum Gasteiger partial charge on any atom is -0.487 e. The average molecular weight is 245 g/mol. The van der Waals surface area contributed by atoms with Gasteiger partial charge in [-0.25, -0.2) is 0 Å². The number of benzene rings is 1. The van der Waals surface area contributed by atoms with Gasteiger partial charge in [-0.05, 0) is 12.1 Å². The zero-order valence-corrected chi connectivity index (χ0v) is 9.45. The van der Waals surface area contributed by atoms with E-state index in [0.29, 0.717) is 12.4 Å². The zero-order chi connectivity index (χ0) is 13.0. The van der Waals surface area contributed by atoms with Gasteiger partial charge in [0.2, 0.25) is 0 Å². The fourth-order valence-corrected chi connectivity index (χ4v) is 1.43. The lowest BCUT2D eigenvalue weighted by Gasteiger charge is -2.08. The van der Waals surface area contributed by atoms with Crippen LogP contribution in [0, 0.1) is 10.1 Å². The van der Waals surface area contributed by atoms with Crippen LogP contribution in [0.5, 0.6) is 5.75 Å². The van der Waals surface area contributed by atoms with E-state index < -0.39 is 4.92 Å². The molecule has 0 saturated heterocycles. The van der Waals surface area contributed by atoms with Crippen LogP contribution in [0.3, 0.4) is 0 Å². The number of nitro benzene ring substituents is 1. The van der Waals surface area contributed by atoms with Gasteiger partial charge in [0.05, 0.1) is 10.6 Å². The Morgan fingerprint density at radius 1 is 1.39 bits per heavy atom. The van der Waals surface area contributed by atoms with Crippen molar-refractivity contribution < 1.29 is 9.66 Å². The summed E-state index contributed by atoms with van der Waals surface area (Å²) < 4.78 is 5.47. The second-order valence-corrected chi connectivity index (χ2v) is 3.63. The normalized spacial score (nSPS) is 10.0. The maximum Gasteiger partial charge on any atom is 0.271 e. The van der Waals surface area contributed by atoms with Crippen LogP contribution in [-0.4, -0.2) is 9.91 Å². The largest absolute Gasteiger partial charge is 0.487 e. The fourth-order valence-electron chi connectivity index (χ4n) is 1.43. The van der Waals surface area contributed by atoms with E-state index >= 15 is 0 Å². The lowest BCUT2D eigenvalue weighted by Crippen LogP contribution is -2.00. The van der Waals surface area contributed by atoms with Crippen molar-refractivity contribution in [2.75, 3.05) is 5.73 Å². The maximum absolute atomic E-state index is 10.5. The lowest BCUT2D eigenvalue weighted by molar-refractivity contribution is -0.384. The first-order chi connectivity index (χ1) is 8.66. The number of nitrogen functional groups attached to an aromatic ring is 1. The van der Waals surface area contributed by atoms with Gasteiger partial charge in [0.15, 0.2) is 0 Å². The first kappa shape index (κ1) is 11.8. The minimum absolute atomic E-state index is 0.0544. The third-order valence-electron chi connectivity index (χ3n) is 2.32. The summed E-state index contributed by atoms with van der Waals surface area (Å²) in [5.41, 5.74) is 6.77. The molecular formula is C12H11N3O3. The molecule has 1 aromatic heterocycles. The summed E-state index contributed by atoms with van der Waals surface area (Å²) in [7, 11) is 0. The van der Waals surface area contributed by atoms with Gasteiger partial charge in [-0.2, -0.15) is 0 Å². The van der Waals surface area contributed by atoms with E-state index in [1.54, 1.807) is 18.5 Å². The van der Waals surface area contributed by atoms with Gasteiger partial charge in [0.25, 0.3) is 5.69 Å². The Morgan fingerprint density at radius 3 is 2.83 bits per heavy atom. The summed E-state index contributed by atoms with van der Waals surface area (Å²) in [6, 6.07) is 7.80. The molecule has 2 rings (SSSR count). The first-order valence-electron chi connectivity index (χ1n) is 5.22. The van der Waals surface area contributed by atoms with Crippen LogP contribution in [0.4, 0.5) is 11.4 Å². The van der Waals surface area contributed by atoms with Crippen LogP contribution in [0.25, 0.3) is 0 Å². The number of rotatable bonds is 4. The van der Waals surface area contributed by atoms with Crippen LogP contribution in [0.1, 0.15) is 5.56 Å². The smallest absolute Gasteiger partial charge is 0.271 e. The van der Waals surface area contributed by atoms with Crippen LogP contribution >= 0.6 is 0 Å². The molecule has 0 spiro atoms. The number of pyridine rings is 1. The molecular weight excluding hydrogens is 234 g/mol. The number of nitro groups is 1. The highest BCUT2D eigenvalue weighted by molar-refractivity contribution is 5.58. The van der Waals surface area contributed by atoms with Crippen LogP contribution in [0.2, 0.25) is 0 Å². The molecule has 1 heterocycles.